The summed E-state index contributed by atoms with van der Waals surface area (Å²) in [5.41, 5.74) is 4.95. The number of hydrogen-bond acceptors (Lipinski definition) is 1. The van der Waals surface area contributed by atoms with Gasteiger partial charge in [0.05, 0.1) is 11.8 Å². The summed E-state index contributed by atoms with van der Waals surface area (Å²) in [5, 5.41) is 2.22. The van der Waals surface area contributed by atoms with Crippen molar-refractivity contribution in [2.24, 2.45) is 4.99 Å². The lowest BCUT2D eigenvalue weighted by molar-refractivity contribution is -0.00000509. The van der Waals surface area contributed by atoms with E-state index in [0.29, 0.717) is 0 Å². The molecule has 24 heavy (non-hydrogen) atoms. The Kier molecular flexibility index (Phi) is 4.63. The number of benzene rings is 2. The van der Waals surface area contributed by atoms with E-state index in [4.69, 9.17) is 9.41 Å². The summed E-state index contributed by atoms with van der Waals surface area (Å²) in [5.74, 6) is 0. The zero-order valence-corrected chi connectivity index (χ0v) is 14.0. The van der Waals surface area contributed by atoms with E-state index in [1.165, 1.54) is 10.9 Å². The predicted molar refractivity (Wildman–Crippen MR) is 93.5 cm³/mol. The maximum absolute atomic E-state index is 5.55. The molecule has 4 heteroatoms. The molecule has 2 aromatic heterocycles. The molecule has 0 aliphatic rings. The molecule has 0 aliphatic carbocycles. The second-order valence-corrected chi connectivity index (χ2v) is 5.50. The molecule has 2 aromatic carbocycles. The molecule has 0 saturated heterocycles. The second kappa shape index (κ2) is 6.85. The fourth-order valence-corrected chi connectivity index (χ4v) is 2.83. The molecule has 0 amide bonds. The van der Waals surface area contributed by atoms with Gasteiger partial charge in [0.1, 0.15) is 10.9 Å². The van der Waals surface area contributed by atoms with E-state index < -0.39 is 0 Å². The van der Waals surface area contributed by atoms with Gasteiger partial charge >= 0.3 is 11.8 Å². The molecule has 0 saturated carbocycles. The number of aromatic nitrogens is 1. The van der Waals surface area contributed by atoms with Crippen LogP contribution >= 0.6 is 0 Å². The summed E-state index contributed by atoms with van der Waals surface area (Å²) in [6.45, 7) is 2.15. The topological polar surface area (TPSA) is 39.5 Å². The van der Waals surface area contributed by atoms with E-state index in [-0.39, 0.29) is 12.4 Å². The zero-order valence-electron chi connectivity index (χ0n) is 13.3. The fourth-order valence-electron chi connectivity index (χ4n) is 2.83. The Morgan fingerprint density at radius 2 is 1.79 bits per heavy atom. The van der Waals surface area contributed by atoms with Crippen molar-refractivity contribution in [1.29, 1.82) is 0 Å². The maximum atomic E-state index is 5.55. The highest BCUT2D eigenvalue weighted by atomic mass is 35.5. The van der Waals surface area contributed by atoms with Gasteiger partial charge < -0.3 is 17.4 Å². The minimum Gasteiger partial charge on any atom is -1.00 e. The number of fused-ring (bicyclic) bond motifs is 2. The number of pyridine rings is 1. The van der Waals surface area contributed by atoms with E-state index in [9.17, 15) is 0 Å². The molecule has 0 unspecified atom stereocenters. The smallest absolute Gasteiger partial charge is 0.361 e. The Morgan fingerprint density at radius 3 is 2.67 bits per heavy atom. The number of nitrogens with zero attached hydrogens (tertiary/aromatic N) is 1. The maximum Gasteiger partial charge on any atom is 0.361 e. The minimum absolute atomic E-state index is 0. The Balaban J connectivity index is 0.00000169. The van der Waals surface area contributed by atoms with E-state index in [2.05, 4.69) is 36.2 Å². The van der Waals surface area contributed by atoms with Crippen molar-refractivity contribution in [1.82, 2.24) is 4.98 Å². The summed E-state index contributed by atoms with van der Waals surface area (Å²) < 4.78 is 5.55. The first-order valence-corrected chi connectivity index (χ1v) is 7.80. The molecule has 120 valence electrons. The van der Waals surface area contributed by atoms with Crippen LogP contribution in [0, 0.1) is 0 Å². The Morgan fingerprint density at radius 1 is 1.00 bits per heavy atom. The van der Waals surface area contributed by atoms with Gasteiger partial charge in [-0.15, -0.1) is 0 Å². The number of aryl methyl sites for hydroxylation is 1. The van der Waals surface area contributed by atoms with Crippen molar-refractivity contribution in [2.45, 2.75) is 13.3 Å². The number of aromatic amines is 1. The summed E-state index contributed by atoms with van der Waals surface area (Å²) in [7, 11) is 0. The normalized spacial score (nSPS) is 11.6. The van der Waals surface area contributed by atoms with Gasteiger partial charge in [-0.25, -0.2) is 9.41 Å². The van der Waals surface area contributed by atoms with Crippen LogP contribution < -0.4 is 17.9 Å². The number of nitrogens with one attached hydrogen (secondary N) is 1. The highest BCUT2D eigenvalue weighted by molar-refractivity contribution is 5.87. The largest absolute Gasteiger partial charge is 1.00 e. The van der Waals surface area contributed by atoms with Crippen molar-refractivity contribution in [3.05, 3.63) is 78.0 Å². The first-order valence-electron chi connectivity index (χ1n) is 7.80. The lowest BCUT2D eigenvalue weighted by Crippen LogP contribution is -3.00. The van der Waals surface area contributed by atoms with Crippen LogP contribution in [0.2, 0.25) is 0 Å². The molecular weight excluding hydrogens is 320 g/mol. The fraction of sp³-hybridized carbons (Fsp3) is 0.100. The molecular formula is C20H17ClN2O. The van der Waals surface area contributed by atoms with Crippen molar-refractivity contribution in [3.63, 3.8) is 0 Å². The number of rotatable bonds is 2. The van der Waals surface area contributed by atoms with Crippen LogP contribution in [0.15, 0.2) is 76.3 Å². The van der Waals surface area contributed by atoms with Crippen molar-refractivity contribution >= 4 is 27.6 Å². The first kappa shape index (κ1) is 16.2. The van der Waals surface area contributed by atoms with Gasteiger partial charge in [-0.1, -0.05) is 37.3 Å². The van der Waals surface area contributed by atoms with Gasteiger partial charge in [-0.3, -0.25) is 0 Å². The number of halogens is 1. The Hall–Kier alpha value is -2.65. The SMILES string of the molecule is CCc1cc2ccccc2[nH]c1=Nc1cc[o+]c2ccccc12.[Cl-]. The van der Waals surface area contributed by atoms with Crippen LogP contribution in [0.1, 0.15) is 12.5 Å². The number of hydrogen-bond donors (Lipinski definition) is 1. The summed E-state index contributed by atoms with van der Waals surface area (Å²) in [4.78, 5) is 8.34. The first-order chi connectivity index (χ1) is 11.3. The Labute approximate surface area is 146 Å². The lowest BCUT2D eigenvalue weighted by Gasteiger charge is -2.04. The van der Waals surface area contributed by atoms with E-state index in [1.807, 2.05) is 36.4 Å². The third kappa shape index (κ3) is 2.91. The highest BCUT2D eigenvalue weighted by Crippen LogP contribution is 2.25. The molecule has 4 rings (SSSR count). The van der Waals surface area contributed by atoms with E-state index >= 15 is 0 Å². The molecule has 4 aromatic rings. The van der Waals surface area contributed by atoms with Gasteiger partial charge in [-0.2, -0.15) is 0 Å². The predicted octanol–water partition coefficient (Wildman–Crippen LogP) is 1.99. The average molecular weight is 337 g/mol. The third-order valence-electron chi connectivity index (χ3n) is 4.04. The molecule has 1 N–H and O–H groups in total. The monoisotopic (exact) mass is 336 g/mol. The van der Waals surface area contributed by atoms with Crippen LogP contribution in [-0.4, -0.2) is 4.98 Å². The quantitative estimate of drug-likeness (QED) is 0.559. The molecule has 0 bridgehead atoms. The molecule has 0 fully saturated rings. The average Bonchev–Trinajstić information content (AvgIpc) is 2.61. The zero-order chi connectivity index (χ0) is 15.6. The highest BCUT2D eigenvalue weighted by Gasteiger charge is 2.09. The minimum atomic E-state index is 0. The Bertz CT molecular complexity index is 1060. The molecule has 0 atom stereocenters. The van der Waals surface area contributed by atoms with Crippen LogP contribution in [0.5, 0.6) is 0 Å². The molecule has 0 radical (unpaired) electrons. The van der Waals surface area contributed by atoms with Gasteiger partial charge in [-0.05, 0) is 35.6 Å². The number of H-pyrrole nitrogens is 1. The molecule has 0 spiro atoms. The van der Waals surface area contributed by atoms with Gasteiger partial charge in [0.2, 0.25) is 0 Å². The van der Waals surface area contributed by atoms with Crippen molar-refractivity contribution in [3.8, 4) is 0 Å². The van der Waals surface area contributed by atoms with Crippen LogP contribution in [0.25, 0.3) is 21.9 Å². The third-order valence-corrected chi connectivity index (χ3v) is 4.04. The molecule has 0 aliphatic heterocycles. The van der Waals surface area contributed by atoms with E-state index in [1.54, 1.807) is 6.26 Å². The van der Waals surface area contributed by atoms with Gasteiger partial charge in [0.15, 0.2) is 0 Å². The van der Waals surface area contributed by atoms with Crippen LogP contribution in [0.4, 0.5) is 5.69 Å². The number of para-hydroxylation sites is 2. The lowest BCUT2D eigenvalue weighted by atomic mass is 10.1. The second-order valence-electron chi connectivity index (χ2n) is 5.50. The summed E-state index contributed by atoms with van der Waals surface area (Å²) in [6.07, 6.45) is 2.61. The van der Waals surface area contributed by atoms with Crippen LogP contribution in [-0.2, 0) is 6.42 Å². The summed E-state index contributed by atoms with van der Waals surface area (Å²) in [6, 6.07) is 20.4. The van der Waals surface area contributed by atoms with Crippen molar-refractivity contribution < 1.29 is 16.8 Å². The van der Waals surface area contributed by atoms with Gasteiger partial charge in [0.25, 0.3) is 0 Å². The van der Waals surface area contributed by atoms with Crippen LogP contribution in [0.3, 0.4) is 0 Å². The molecule has 2 heterocycles. The standard InChI is InChI=1S/C20H17N2O.ClH/c1-2-14-13-15-7-3-5-9-17(15)21-20(14)22-18-11-12-23-19-10-6-4-8-16(18)19;/h3-13H,2H2,1H3,(H,21,22);1H/q+1;/p-1. The summed E-state index contributed by atoms with van der Waals surface area (Å²) >= 11 is 0. The molecule has 3 nitrogen and oxygen atoms in total. The van der Waals surface area contributed by atoms with E-state index in [0.717, 1.165) is 34.1 Å². The van der Waals surface area contributed by atoms with Gasteiger partial charge in [0, 0.05) is 11.6 Å². The van der Waals surface area contributed by atoms with Crippen molar-refractivity contribution in [2.75, 3.05) is 0 Å².